The Balaban J connectivity index is 1.93. The summed E-state index contributed by atoms with van der Waals surface area (Å²) in [5.74, 6) is 0.300. The zero-order valence-corrected chi connectivity index (χ0v) is 11.2. The summed E-state index contributed by atoms with van der Waals surface area (Å²) in [6.45, 7) is 1.06. The molecule has 0 amide bonds. The van der Waals surface area contributed by atoms with Gasteiger partial charge in [-0.25, -0.2) is 0 Å². The van der Waals surface area contributed by atoms with E-state index in [0.29, 0.717) is 18.9 Å². The standard InChI is InChI=1S/C14H15F3N4/c15-14(16,17)12-5-6-13(21-20-12)19-9-11-3-1-10(2-4-11)7-8-18/h1-6H,7-9,18H2,(H,19,21). The number of nitrogens with two attached hydrogens (primary N) is 1. The molecule has 112 valence electrons. The third-order valence-corrected chi connectivity index (χ3v) is 2.88. The van der Waals surface area contributed by atoms with E-state index >= 15 is 0 Å². The Kier molecular flexibility index (Phi) is 4.74. The largest absolute Gasteiger partial charge is 0.435 e. The van der Waals surface area contributed by atoms with Gasteiger partial charge >= 0.3 is 6.18 Å². The van der Waals surface area contributed by atoms with Gasteiger partial charge in [0.15, 0.2) is 5.69 Å². The van der Waals surface area contributed by atoms with Crippen LogP contribution in [0.1, 0.15) is 16.8 Å². The maximum absolute atomic E-state index is 12.3. The first kappa shape index (κ1) is 15.2. The molecular weight excluding hydrogens is 281 g/mol. The molecule has 7 heteroatoms. The predicted molar refractivity (Wildman–Crippen MR) is 73.6 cm³/mol. The highest BCUT2D eigenvalue weighted by atomic mass is 19.4. The Labute approximate surface area is 120 Å². The van der Waals surface area contributed by atoms with Crippen molar-refractivity contribution >= 4 is 5.82 Å². The zero-order valence-electron chi connectivity index (χ0n) is 11.2. The van der Waals surface area contributed by atoms with Gasteiger partial charge in [-0.3, -0.25) is 0 Å². The number of hydrogen-bond donors (Lipinski definition) is 2. The lowest BCUT2D eigenvalue weighted by Crippen LogP contribution is -2.10. The van der Waals surface area contributed by atoms with Crippen LogP contribution in [0.4, 0.5) is 19.0 Å². The molecule has 0 aliphatic carbocycles. The van der Waals surface area contributed by atoms with E-state index in [-0.39, 0.29) is 0 Å². The molecule has 2 aromatic rings. The van der Waals surface area contributed by atoms with Gasteiger partial charge in [0.1, 0.15) is 5.82 Å². The second-order valence-electron chi connectivity index (χ2n) is 4.51. The lowest BCUT2D eigenvalue weighted by atomic mass is 10.1. The molecule has 1 aromatic carbocycles. The van der Waals surface area contributed by atoms with Crippen molar-refractivity contribution in [3.63, 3.8) is 0 Å². The van der Waals surface area contributed by atoms with E-state index in [1.54, 1.807) is 0 Å². The molecule has 0 saturated carbocycles. The molecule has 0 unspecified atom stereocenters. The van der Waals surface area contributed by atoms with Crippen molar-refractivity contribution in [2.24, 2.45) is 5.73 Å². The molecule has 4 nitrogen and oxygen atoms in total. The van der Waals surface area contributed by atoms with Crippen LogP contribution in [0, 0.1) is 0 Å². The molecule has 1 aromatic heterocycles. The smallest absolute Gasteiger partial charge is 0.365 e. The number of nitrogens with zero attached hydrogens (tertiary/aromatic N) is 2. The van der Waals surface area contributed by atoms with Crippen LogP contribution in [0.25, 0.3) is 0 Å². The highest BCUT2D eigenvalue weighted by molar-refractivity contribution is 5.35. The van der Waals surface area contributed by atoms with Crippen LogP contribution in [0.2, 0.25) is 0 Å². The van der Waals surface area contributed by atoms with E-state index in [4.69, 9.17) is 5.73 Å². The average molecular weight is 296 g/mol. The lowest BCUT2D eigenvalue weighted by Gasteiger charge is -2.08. The molecule has 0 radical (unpaired) electrons. The molecule has 0 spiro atoms. The normalized spacial score (nSPS) is 11.4. The minimum Gasteiger partial charge on any atom is -0.365 e. The van der Waals surface area contributed by atoms with Crippen molar-refractivity contribution < 1.29 is 13.2 Å². The van der Waals surface area contributed by atoms with Crippen LogP contribution < -0.4 is 11.1 Å². The Morgan fingerprint density at radius 2 is 1.62 bits per heavy atom. The van der Waals surface area contributed by atoms with E-state index in [0.717, 1.165) is 23.6 Å². The van der Waals surface area contributed by atoms with E-state index in [2.05, 4.69) is 15.5 Å². The number of halogens is 3. The lowest BCUT2D eigenvalue weighted by molar-refractivity contribution is -0.141. The van der Waals surface area contributed by atoms with Gasteiger partial charge in [0, 0.05) is 6.54 Å². The molecule has 3 N–H and O–H groups in total. The first-order chi connectivity index (χ1) is 9.99. The molecule has 0 fully saturated rings. The van der Waals surface area contributed by atoms with E-state index < -0.39 is 11.9 Å². The highest BCUT2D eigenvalue weighted by Gasteiger charge is 2.32. The first-order valence-electron chi connectivity index (χ1n) is 6.42. The number of benzene rings is 1. The minimum absolute atomic E-state index is 0.300. The fourth-order valence-corrected chi connectivity index (χ4v) is 1.76. The minimum atomic E-state index is -4.47. The van der Waals surface area contributed by atoms with Crippen molar-refractivity contribution in [3.8, 4) is 0 Å². The molecule has 0 aliphatic rings. The Morgan fingerprint density at radius 3 is 2.14 bits per heavy atom. The van der Waals surface area contributed by atoms with Crippen LogP contribution >= 0.6 is 0 Å². The van der Waals surface area contributed by atoms with Gasteiger partial charge in [-0.2, -0.15) is 13.2 Å². The average Bonchev–Trinajstić information content (AvgIpc) is 2.46. The van der Waals surface area contributed by atoms with Crippen LogP contribution in [-0.4, -0.2) is 16.7 Å². The molecule has 0 bridgehead atoms. The number of nitrogens with one attached hydrogen (secondary N) is 1. The second kappa shape index (κ2) is 6.53. The van der Waals surface area contributed by atoms with Gasteiger partial charge in [0.2, 0.25) is 0 Å². The van der Waals surface area contributed by atoms with Crippen molar-refractivity contribution in [1.29, 1.82) is 0 Å². The van der Waals surface area contributed by atoms with Gasteiger partial charge in [-0.05, 0) is 36.2 Å². The number of aromatic nitrogens is 2. The van der Waals surface area contributed by atoms with Gasteiger partial charge in [-0.1, -0.05) is 24.3 Å². The summed E-state index contributed by atoms with van der Waals surface area (Å²) < 4.78 is 37.0. The van der Waals surface area contributed by atoms with Gasteiger partial charge in [-0.15, -0.1) is 10.2 Å². The van der Waals surface area contributed by atoms with Crippen molar-refractivity contribution in [1.82, 2.24) is 10.2 Å². The highest BCUT2D eigenvalue weighted by Crippen LogP contribution is 2.27. The predicted octanol–water partition coefficient (Wildman–Crippen LogP) is 2.61. The van der Waals surface area contributed by atoms with E-state index in [1.807, 2.05) is 24.3 Å². The fraction of sp³-hybridized carbons (Fsp3) is 0.286. The Bertz CT molecular complexity index is 564. The summed E-state index contributed by atoms with van der Waals surface area (Å²) in [6.07, 6.45) is -3.65. The molecule has 0 saturated heterocycles. The van der Waals surface area contributed by atoms with Gasteiger partial charge in [0.05, 0.1) is 0 Å². The molecule has 0 atom stereocenters. The summed E-state index contributed by atoms with van der Waals surface area (Å²) in [6, 6.07) is 9.99. The van der Waals surface area contributed by atoms with Crippen LogP contribution in [0.3, 0.4) is 0 Å². The van der Waals surface area contributed by atoms with Crippen molar-refractivity contribution in [2.45, 2.75) is 19.1 Å². The summed E-state index contributed by atoms with van der Waals surface area (Å²) in [7, 11) is 0. The maximum atomic E-state index is 12.3. The van der Waals surface area contributed by atoms with Crippen molar-refractivity contribution in [3.05, 3.63) is 53.2 Å². The van der Waals surface area contributed by atoms with Crippen LogP contribution in [0.15, 0.2) is 36.4 Å². The van der Waals surface area contributed by atoms with Crippen LogP contribution in [0.5, 0.6) is 0 Å². The topological polar surface area (TPSA) is 63.8 Å². The number of anilines is 1. The quantitative estimate of drug-likeness (QED) is 0.890. The monoisotopic (exact) mass is 296 g/mol. The molecule has 0 aliphatic heterocycles. The summed E-state index contributed by atoms with van der Waals surface area (Å²) in [4.78, 5) is 0. The fourth-order valence-electron chi connectivity index (χ4n) is 1.76. The Hall–Kier alpha value is -2.15. The molecule has 21 heavy (non-hydrogen) atoms. The number of hydrogen-bond acceptors (Lipinski definition) is 4. The molecular formula is C14H15F3N4. The van der Waals surface area contributed by atoms with E-state index in [1.165, 1.54) is 6.07 Å². The summed E-state index contributed by atoms with van der Waals surface area (Å²) in [5, 5.41) is 9.58. The molecule has 1 heterocycles. The third-order valence-electron chi connectivity index (χ3n) is 2.88. The second-order valence-corrected chi connectivity index (χ2v) is 4.51. The van der Waals surface area contributed by atoms with Crippen molar-refractivity contribution in [2.75, 3.05) is 11.9 Å². The number of rotatable bonds is 5. The SMILES string of the molecule is NCCc1ccc(CNc2ccc(C(F)(F)F)nn2)cc1. The number of alkyl halides is 3. The summed E-state index contributed by atoms with van der Waals surface area (Å²) >= 11 is 0. The van der Waals surface area contributed by atoms with Gasteiger partial charge < -0.3 is 11.1 Å². The van der Waals surface area contributed by atoms with Crippen LogP contribution in [-0.2, 0) is 19.1 Å². The summed E-state index contributed by atoms with van der Waals surface area (Å²) in [5.41, 5.74) is 6.61. The third kappa shape index (κ3) is 4.42. The van der Waals surface area contributed by atoms with Gasteiger partial charge in [0.25, 0.3) is 0 Å². The molecule has 2 rings (SSSR count). The maximum Gasteiger partial charge on any atom is 0.435 e. The van der Waals surface area contributed by atoms with E-state index in [9.17, 15) is 13.2 Å². The Morgan fingerprint density at radius 1 is 0.952 bits per heavy atom. The first-order valence-corrected chi connectivity index (χ1v) is 6.42. The zero-order chi connectivity index (χ0) is 15.3.